The lowest BCUT2D eigenvalue weighted by Crippen LogP contribution is -2.38. The van der Waals surface area contributed by atoms with Crippen molar-refractivity contribution in [2.75, 3.05) is 37.3 Å². The maximum atomic E-state index is 9.05. The van der Waals surface area contributed by atoms with Gasteiger partial charge in [-0.3, -0.25) is 0 Å². The second-order valence-corrected chi connectivity index (χ2v) is 5.01. The average Bonchev–Trinajstić information content (AvgIpc) is 2.51. The Morgan fingerprint density at radius 1 is 1.39 bits per heavy atom. The Bertz CT molecular complexity index is 463. The molecule has 1 saturated heterocycles. The van der Waals surface area contributed by atoms with Crippen LogP contribution in [-0.2, 0) is 0 Å². The van der Waals surface area contributed by atoms with E-state index in [0.717, 1.165) is 31.7 Å². The number of anilines is 2. The van der Waals surface area contributed by atoms with Gasteiger partial charge in [0.25, 0.3) is 0 Å². The number of nitriles is 1. The molecule has 1 aromatic rings. The van der Waals surface area contributed by atoms with Crippen molar-refractivity contribution in [2.45, 2.75) is 19.4 Å². The van der Waals surface area contributed by atoms with Crippen molar-refractivity contribution in [3.8, 4) is 6.07 Å². The number of para-hydroxylation sites is 1. The van der Waals surface area contributed by atoms with Gasteiger partial charge < -0.3 is 15.5 Å². The summed E-state index contributed by atoms with van der Waals surface area (Å²) in [6.45, 7) is 5.33. The third-order valence-corrected chi connectivity index (χ3v) is 3.56. The number of nitrogen functional groups attached to an aromatic ring is 1. The summed E-state index contributed by atoms with van der Waals surface area (Å²) in [4.78, 5) is 4.66. The topological polar surface area (TPSA) is 56.3 Å². The smallest absolute Gasteiger partial charge is 0.101 e. The second-order valence-electron chi connectivity index (χ2n) is 5.01. The van der Waals surface area contributed by atoms with Crippen LogP contribution >= 0.6 is 0 Å². The highest BCUT2D eigenvalue weighted by atomic mass is 15.2. The van der Waals surface area contributed by atoms with Gasteiger partial charge >= 0.3 is 0 Å². The molecule has 0 aliphatic carbocycles. The van der Waals surface area contributed by atoms with Crippen LogP contribution in [-0.4, -0.2) is 37.6 Å². The number of likely N-dealkylation sites (N-methyl/N-ethyl adjacent to an activating group) is 1. The minimum Gasteiger partial charge on any atom is -0.396 e. The van der Waals surface area contributed by atoms with E-state index in [2.05, 4.69) is 29.8 Å². The van der Waals surface area contributed by atoms with Gasteiger partial charge in [-0.1, -0.05) is 6.07 Å². The van der Waals surface area contributed by atoms with E-state index in [9.17, 15) is 0 Å². The Morgan fingerprint density at radius 3 is 2.89 bits per heavy atom. The van der Waals surface area contributed by atoms with E-state index in [1.807, 2.05) is 12.1 Å². The van der Waals surface area contributed by atoms with Gasteiger partial charge in [0.05, 0.1) is 16.9 Å². The van der Waals surface area contributed by atoms with Crippen molar-refractivity contribution in [1.29, 1.82) is 5.26 Å². The first kappa shape index (κ1) is 12.7. The first-order chi connectivity index (χ1) is 8.63. The molecule has 1 heterocycles. The van der Waals surface area contributed by atoms with Gasteiger partial charge in [0.1, 0.15) is 6.07 Å². The number of benzene rings is 1. The van der Waals surface area contributed by atoms with Crippen LogP contribution in [0.3, 0.4) is 0 Å². The summed E-state index contributed by atoms with van der Waals surface area (Å²) in [5, 5.41) is 9.05. The molecule has 0 radical (unpaired) electrons. The van der Waals surface area contributed by atoms with E-state index >= 15 is 0 Å². The Balaban J connectivity index is 2.33. The van der Waals surface area contributed by atoms with Crippen LogP contribution in [0.5, 0.6) is 0 Å². The molecule has 4 nitrogen and oxygen atoms in total. The normalized spacial score (nSPS) is 21.4. The van der Waals surface area contributed by atoms with E-state index < -0.39 is 0 Å². The van der Waals surface area contributed by atoms with Gasteiger partial charge in [-0.15, -0.1) is 0 Å². The monoisotopic (exact) mass is 244 g/mol. The quantitative estimate of drug-likeness (QED) is 0.763. The Hall–Kier alpha value is -1.73. The Morgan fingerprint density at radius 2 is 2.17 bits per heavy atom. The molecule has 4 heteroatoms. The SMILES string of the molecule is CC1CN(C)CCCN1c1cccc(C#N)c1N. The molecule has 2 rings (SSSR count). The predicted molar refractivity (Wildman–Crippen MR) is 74.5 cm³/mol. The van der Waals surface area contributed by atoms with Gasteiger partial charge in [-0.2, -0.15) is 5.26 Å². The first-order valence-corrected chi connectivity index (χ1v) is 6.37. The molecule has 1 atom stereocenters. The van der Waals surface area contributed by atoms with Gasteiger partial charge in [0.2, 0.25) is 0 Å². The minimum atomic E-state index is 0.411. The molecule has 1 aromatic carbocycles. The van der Waals surface area contributed by atoms with Crippen molar-refractivity contribution in [3.05, 3.63) is 23.8 Å². The molecule has 1 fully saturated rings. The van der Waals surface area contributed by atoms with Crippen LogP contribution in [0.2, 0.25) is 0 Å². The first-order valence-electron chi connectivity index (χ1n) is 6.37. The zero-order valence-electron chi connectivity index (χ0n) is 11.1. The number of nitrogens with zero attached hydrogens (tertiary/aromatic N) is 3. The zero-order valence-corrected chi connectivity index (χ0v) is 11.1. The number of hydrogen-bond acceptors (Lipinski definition) is 4. The van der Waals surface area contributed by atoms with Crippen molar-refractivity contribution >= 4 is 11.4 Å². The highest BCUT2D eigenvalue weighted by Gasteiger charge is 2.22. The fourth-order valence-corrected chi connectivity index (χ4v) is 2.63. The molecule has 0 bridgehead atoms. The molecule has 1 aliphatic heterocycles. The summed E-state index contributed by atoms with van der Waals surface area (Å²) in [6.07, 6.45) is 1.12. The fraction of sp³-hybridized carbons (Fsp3) is 0.500. The van der Waals surface area contributed by atoms with Crippen LogP contribution in [0.4, 0.5) is 11.4 Å². The lowest BCUT2D eigenvalue weighted by atomic mass is 10.1. The molecule has 0 saturated carbocycles. The summed E-state index contributed by atoms with van der Waals surface area (Å²) in [6, 6.07) is 8.25. The lowest BCUT2D eigenvalue weighted by molar-refractivity contribution is 0.337. The van der Waals surface area contributed by atoms with Crippen molar-refractivity contribution in [1.82, 2.24) is 4.90 Å². The molecule has 0 amide bonds. The van der Waals surface area contributed by atoms with Crippen molar-refractivity contribution in [3.63, 3.8) is 0 Å². The maximum absolute atomic E-state index is 9.05. The molecule has 0 spiro atoms. The largest absolute Gasteiger partial charge is 0.396 e. The summed E-state index contributed by atoms with van der Waals surface area (Å²) >= 11 is 0. The van der Waals surface area contributed by atoms with Crippen LogP contribution < -0.4 is 10.6 Å². The second kappa shape index (κ2) is 5.28. The number of rotatable bonds is 1. The number of hydrogen-bond donors (Lipinski definition) is 1. The summed E-state index contributed by atoms with van der Waals surface area (Å²) in [5.41, 5.74) is 8.27. The maximum Gasteiger partial charge on any atom is 0.101 e. The van der Waals surface area contributed by atoms with Gasteiger partial charge in [0.15, 0.2) is 0 Å². The molecule has 0 aromatic heterocycles. The molecule has 18 heavy (non-hydrogen) atoms. The van der Waals surface area contributed by atoms with E-state index in [-0.39, 0.29) is 0 Å². The molecular formula is C14H20N4. The molecule has 1 unspecified atom stereocenters. The molecule has 1 aliphatic rings. The highest BCUT2D eigenvalue weighted by molar-refractivity contribution is 5.74. The summed E-state index contributed by atoms with van der Waals surface area (Å²) < 4.78 is 0. The van der Waals surface area contributed by atoms with Crippen LogP contribution in [0.25, 0.3) is 0 Å². The van der Waals surface area contributed by atoms with E-state index in [0.29, 0.717) is 17.3 Å². The van der Waals surface area contributed by atoms with Crippen LogP contribution in [0.15, 0.2) is 18.2 Å². The minimum absolute atomic E-state index is 0.411. The lowest BCUT2D eigenvalue weighted by Gasteiger charge is -2.31. The number of nitrogens with two attached hydrogens (primary N) is 1. The van der Waals surface area contributed by atoms with E-state index in [1.54, 1.807) is 6.07 Å². The Labute approximate surface area is 109 Å². The predicted octanol–water partition coefficient (Wildman–Crippen LogP) is 1.67. The van der Waals surface area contributed by atoms with Gasteiger partial charge in [-0.25, -0.2) is 0 Å². The molecular weight excluding hydrogens is 224 g/mol. The summed E-state index contributed by atoms with van der Waals surface area (Å²) in [5.74, 6) is 0. The summed E-state index contributed by atoms with van der Waals surface area (Å²) in [7, 11) is 2.15. The van der Waals surface area contributed by atoms with Crippen LogP contribution in [0, 0.1) is 11.3 Å². The standard InChI is InChI=1S/C14H20N4/c1-11-10-17(2)7-4-8-18(11)13-6-3-5-12(9-15)14(13)16/h3,5-6,11H,4,7-8,10,16H2,1-2H3. The average molecular weight is 244 g/mol. The van der Waals surface area contributed by atoms with E-state index in [1.165, 1.54) is 0 Å². The third kappa shape index (κ3) is 2.41. The Kier molecular flexibility index (Phi) is 3.73. The van der Waals surface area contributed by atoms with Gasteiger partial charge in [-0.05, 0) is 39.1 Å². The van der Waals surface area contributed by atoms with Crippen molar-refractivity contribution < 1.29 is 0 Å². The van der Waals surface area contributed by atoms with Crippen molar-refractivity contribution in [2.24, 2.45) is 0 Å². The highest BCUT2D eigenvalue weighted by Crippen LogP contribution is 2.29. The third-order valence-electron chi connectivity index (χ3n) is 3.56. The fourth-order valence-electron chi connectivity index (χ4n) is 2.63. The van der Waals surface area contributed by atoms with E-state index in [4.69, 9.17) is 11.0 Å². The van der Waals surface area contributed by atoms with Crippen LogP contribution in [0.1, 0.15) is 18.9 Å². The zero-order chi connectivity index (χ0) is 13.1. The molecule has 2 N–H and O–H groups in total. The molecule has 96 valence electrons. The van der Waals surface area contributed by atoms with Gasteiger partial charge in [0, 0.05) is 19.1 Å².